The van der Waals surface area contributed by atoms with Crippen LogP contribution in [0.3, 0.4) is 0 Å². The predicted molar refractivity (Wildman–Crippen MR) is 77.7 cm³/mol. The van der Waals surface area contributed by atoms with E-state index in [1.54, 1.807) is 12.1 Å². The van der Waals surface area contributed by atoms with Crippen molar-refractivity contribution < 1.29 is 4.39 Å². The zero-order chi connectivity index (χ0) is 13.8. The average Bonchev–Trinajstić information content (AvgIpc) is 2.41. The highest BCUT2D eigenvalue weighted by Gasteiger charge is 2.12. The van der Waals surface area contributed by atoms with Crippen LogP contribution in [-0.4, -0.2) is 6.54 Å². The number of rotatable bonds is 4. The average molecular weight is 258 g/mol. The van der Waals surface area contributed by atoms with Crippen LogP contribution in [0.15, 0.2) is 42.5 Å². The summed E-state index contributed by atoms with van der Waals surface area (Å²) in [5, 5.41) is 3.35. The van der Waals surface area contributed by atoms with Gasteiger partial charge >= 0.3 is 0 Å². The topological polar surface area (TPSA) is 38.0 Å². The molecule has 0 heterocycles. The summed E-state index contributed by atoms with van der Waals surface area (Å²) in [6.45, 7) is 4.62. The van der Waals surface area contributed by atoms with Crippen LogP contribution in [0.4, 0.5) is 10.1 Å². The van der Waals surface area contributed by atoms with Gasteiger partial charge in [-0.25, -0.2) is 4.39 Å². The third kappa shape index (κ3) is 3.32. The highest BCUT2D eigenvalue weighted by molar-refractivity contribution is 5.47. The number of nitrogens with two attached hydrogens (primary N) is 1. The maximum atomic E-state index is 12.9. The molecular formula is C16H19FN2. The third-order valence-electron chi connectivity index (χ3n) is 3.23. The van der Waals surface area contributed by atoms with E-state index in [0.29, 0.717) is 6.54 Å². The molecule has 100 valence electrons. The second kappa shape index (κ2) is 5.85. The molecule has 0 aliphatic carbocycles. The lowest BCUT2D eigenvalue weighted by Crippen LogP contribution is -2.21. The smallest absolute Gasteiger partial charge is 0.123 e. The maximum Gasteiger partial charge on any atom is 0.123 e. The van der Waals surface area contributed by atoms with Gasteiger partial charge in [0, 0.05) is 12.2 Å². The van der Waals surface area contributed by atoms with Gasteiger partial charge in [0.05, 0.1) is 6.04 Å². The van der Waals surface area contributed by atoms with Crippen LogP contribution in [0.5, 0.6) is 0 Å². The lowest BCUT2D eigenvalue weighted by Gasteiger charge is -2.21. The molecule has 1 unspecified atom stereocenters. The van der Waals surface area contributed by atoms with Gasteiger partial charge in [-0.3, -0.25) is 0 Å². The Bertz CT molecular complexity index is 549. The first-order chi connectivity index (χ1) is 9.10. The minimum absolute atomic E-state index is 0.0327. The van der Waals surface area contributed by atoms with Gasteiger partial charge in [0.15, 0.2) is 0 Å². The standard InChI is InChI=1S/C16H19FN2/c1-11-3-4-12(2)15(9-11)16(10-18)19-14-7-5-13(17)6-8-14/h3-9,16,19H,10,18H2,1-2H3. The van der Waals surface area contributed by atoms with Gasteiger partial charge in [-0.15, -0.1) is 0 Å². The maximum absolute atomic E-state index is 12.9. The van der Waals surface area contributed by atoms with Gasteiger partial charge in [-0.2, -0.15) is 0 Å². The Labute approximate surface area is 113 Å². The SMILES string of the molecule is Cc1ccc(C)c(C(CN)Nc2ccc(F)cc2)c1. The Kier molecular flexibility index (Phi) is 4.17. The first-order valence-electron chi connectivity index (χ1n) is 6.39. The van der Waals surface area contributed by atoms with E-state index in [1.807, 2.05) is 0 Å². The van der Waals surface area contributed by atoms with E-state index in [1.165, 1.54) is 28.8 Å². The van der Waals surface area contributed by atoms with Crippen LogP contribution >= 0.6 is 0 Å². The zero-order valence-corrected chi connectivity index (χ0v) is 11.3. The molecule has 3 heteroatoms. The Balaban J connectivity index is 2.24. The summed E-state index contributed by atoms with van der Waals surface area (Å²) < 4.78 is 12.9. The lowest BCUT2D eigenvalue weighted by atomic mass is 9.98. The van der Waals surface area contributed by atoms with E-state index in [0.717, 1.165) is 5.69 Å². The molecule has 0 saturated heterocycles. The lowest BCUT2D eigenvalue weighted by molar-refractivity contribution is 0.628. The second-order valence-electron chi connectivity index (χ2n) is 4.80. The normalized spacial score (nSPS) is 12.2. The largest absolute Gasteiger partial charge is 0.377 e. The molecule has 0 fully saturated rings. The van der Waals surface area contributed by atoms with Gasteiger partial charge in [0.1, 0.15) is 5.82 Å². The van der Waals surface area contributed by atoms with Crippen molar-refractivity contribution in [1.82, 2.24) is 0 Å². The molecule has 0 spiro atoms. The fourth-order valence-corrected chi connectivity index (χ4v) is 2.15. The van der Waals surface area contributed by atoms with Crippen LogP contribution in [0, 0.1) is 19.7 Å². The first kappa shape index (κ1) is 13.6. The van der Waals surface area contributed by atoms with Crippen LogP contribution < -0.4 is 11.1 Å². The van der Waals surface area contributed by atoms with Crippen LogP contribution in [0.25, 0.3) is 0 Å². The van der Waals surface area contributed by atoms with Gasteiger partial charge in [0.2, 0.25) is 0 Å². The second-order valence-corrected chi connectivity index (χ2v) is 4.80. The molecule has 3 N–H and O–H groups in total. The molecule has 19 heavy (non-hydrogen) atoms. The van der Waals surface area contributed by atoms with E-state index in [4.69, 9.17) is 5.73 Å². The molecule has 0 radical (unpaired) electrons. The van der Waals surface area contributed by atoms with Crippen molar-refractivity contribution in [2.45, 2.75) is 19.9 Å². The molecule has 0 bridgehead atoms. The molecule has 0 aliphatic rings. The van der Waals surface area contributed by atoms with E-state index in [-0.39, 0.29) is 11.9 Å². The molecular weight excluding hydrogens is 239 g/mol. The van der Waals surface area contributed by atoms with Gasteiger partial charge in [0.25, 0.3) is 0 Å². The highest BCUT2D eigenvalue weighted by Crippen LogP contribution is 2.23. The third-order valence-corrected chi connectivity index (χ3v) is 3.23. The van der Waals surface area contributed by atoms with Crippen LogP contribution in [0.2, 0.25) is 0 Å². The van der Waals surface area contributed by atoms with Crippen LogP contribution in [-0.2, 0) is 0 Å². The van der Waals surface area contributed by atoms with Crippen molar-refractivity contribution in [2.75, 3.05) is 11.9 Å². The van der Waals surface area contributed by atoms with Gasteiger partial charge in [-0.1, -0.05) is 23.8 Å². The number of hydrogen-bond donors (Lipinski definition) is 2. The van der Waals surface area contributed by atoms with Gasteiger partial charge < -0.3 is 11.1 Å². The fraction of sp³-hybridized carbons (Fsp3) is 0.250. The number of benzene rings is 2. The molecule has 0 aromatic heterocycles. The summed E-state index contributed by atoms with van der Waals surface area (Å²) in [5.41, 5.74) is 10.3. The van der Waals surface area contributed by atoms with E-state index < -0.39 is 0 Å². The van der Waals surface area contributed by atoms with Crippen molar-refractivity contribution in [3.8, 4) is 0 Å². The Morgan fingerprint density at radius 2 is 1.79 bits per heavy atom. The summed E-state index contributed by atoms with van der Waals surface area (Å²) in [4.78, 5) is 0. The molecule has 0 aliphatic heterocycles. The number of aryl methyl sites for hydroxylation is 2. The molecule has 2 rings (SSSR count). The van der Waals surface area contributed by atoms with E-state index in [9.17, 15) is 4.39 Å². The molecule has 1 atom stereocenters. The Hall–Kier alpha value is -1.87. The van der Waals surface area contributed by atoms with E-state index in [2.05, 4.69) is 37.4 Å². The Morgan fingerprint density at radius 1 is 1.11 bits per heavy atom. The van der Waals surface area contributed by atoms with Crippen molar-refractivity contribution in [2.24, 2.45) is 5.73 Å². The predicted octanol–water partition coefficient (Wildman–Crippen LogP) is 3.55. The van der Waals surface area contributed by atoms with Crippen molar-refractivity contribution >= 4 is 5.69 Å². The molecule has 2 aromatic rings. The minimum atomic E-state index is -0.235. The minimum Gasteiger partial charge on any atom is -0.377 e. The molecule has 2 nitrogen and oxygen atoms in total. The quantitative estimate of drug-likeness (QED) is 0.880. The Morgan fingerprint density at radius 3 is 2.42 bits per heavy atom. The number of nitrogens with one attached hydrogen (secondary N) is 1. The van der Waals surface area contributed by atoms with E-state index >= 15 is 0 Å². The summed E-state index contributed by atoms with van der Waals surface area (Å²) in [6.07, 6.45) is 0. The monoisotopic (exact) mass is 258 g/mol. The molecule has 0 amide bonds. The van der Waals surface area contributed by atoms with Crippen molar-refractivity contribution in [3.05, 3.63) is 65.0 Å². The van der Waals surface area contributed by atoms with Crippen molar-refractivity contribution in [3.63, 3.8) is 0 Å². The summed E-state index contributed by atoms with van der Waals surface area (Å²) in [5.74, 6) is -0.235. The number of halogens is 1. The summed E-state index contributed by atoms with van der Waals surface area (Å²) in [6, 6.07) is 12.7. The highest BCUT2D eigenvalue weighted by atomic mass is 19.1. The van der Waals surface area contributed by atoms with Crippen molar-refractivity contribution in [1.29, 1.82) is 0 Å². The summed E-state index contributed by atoms with van der Waals surface area (Å²) >= 11 is 0. The number of hydrogen-bond acceptors (Lipinski definition) is 2. The molecule has 0 saturated carbocycles. The fourth-order valence-electron chi connectivity index (χ4n) is 2.15. The number of anilines is 1. The van der Waals surface area contributed by atoms with Gasteiger partial charge in [-0.05, 0) is 49.2 Å². The molecule has 2 aromatic carbocycles. The summed E-state index contributed by atoms with van der Waals surface area (Å²) in [7, 11) is 0. The first-order valence-corrected chi connectivity index (χ1v) is 6.39. The zero-order valence-electron chi connectivity index (χ0n) is 11.3. The van der Waals surface area contributed by atoms with Crippen LogP contribution in [0.1, 0.15) is 22.7 Å².